The predicted octanol–water partition coefficient (Wildman–Crippen LogP) is 5.84. The molecule has 2 atom stereocenters. The number of pyridine rings is 1. The van der Waals surface area contributed by atoms with Crippen LogP contribution in [0.3, 0.4) is 0 Å². The molecule has 1 saturated carbocycles. The van der Waals surface area contributed by atoms with Crippen LogP contribution in [-0.2, 0) is 4.74 Å². The number of fused-ring (bicyclic) bond motifs is 5. The van der Waals surface area contributed by atoms with Crippen molar-refractivity contribution >= 4 is 17.5 Å². The van der Waals surface area contributed by atoms with Gasteiger partial charge in [-0.2, -0.15) is 0 Å². The molecule has 1 fully saturated rings. The number of hydrogen-bond donors (Lipinski definition) is 1. The van der Waals surface area contributed by atoms with Gasteiger partial charge in [-0.3, -0.25) is 0 Å². The largest absolute Gasteiger partial charge is 0.462 e. The van der Waals surface area contributed by atoms with Crippen molar-refractivity contribution in [3.05, 3.63) is 52.5 Å². The third kappa shape index (κ3) is 3.55. The second kappa shape index (κ2) is 8.07. The minimum Gasteiger partial charge on any atom is -0.462 e. The molecule has 2 aliphatic rings. The summed E-state index contributed by atoms with van der Waals surface area (Å²) in [5.41, 5.74) is 4.24. The highest BCUT2D eigenvalue weighted by molar-refractivity contribution is 5.92. The van der Waals surface area contributed by atoms with Crippen molar-refractivity contribution in [3.8, 4) is 0 Å². The Morgan fingerprint density at radius 2 is 1.96 bits per heavy atom. The average Bonchev–Trinajstić information content (AvgIpc) is 3.29. The molecule has 0 radical (unpaired) electrons. The van der Waals surface area contributed by atoms with Gasteiger partial charge in [0.1, 0.15) is 11.6 Å². The summed E-state index contributed by atoms with van der Waals surface area (Å²) in [5, 5.41) is 3.33. The number of carbonyl (C=O) groups excluding carboxylic acids is 1. The number of aryl methyl sites for hydroxylation is 1. The summed E-state index contributed by atoms with van der Waals surface area (Å²) in [5.74, 6) is 1.12. The summed E-state index contributed by atoms with van der Waals surface area (Å²) in [6, 6.07) is 4.94. The highest BCUT2D eigenvalue weighted by atomic mass is 19.1. The Morgan fingerprint density at radius 3 is 2.63 bits per heavy atom. The molecule has 144 valence electrons. The summed E-state index contributed by atoms with van der Waals surface area (Å²) in [6.45, 7) is 7.91. The van der Waals surface area contributed by atoms with Gasteiger partial charge in [0.2, 0.25) is 0 Å². The molecule has 0 aliphatic heterocycles. The first-order valence-corrected chi connectivity index (χ1v) is 9.81. The highest BCUT2D eigenvalue weighted by Gasteiger charge is 2.42. The lowest BCUT2D eigenvalue weighted by Crippen LogP contribution is -2.14. The quantitative estimate of drug-likeness (QED) is 0.687. The van der Waals surface area contributed by atoms with Crippen molar-refractivity contribution < 1.29 is 13.9 Å². The highest BCUT2D eigenvalue weighted by Crippen LogP contribution is 2.56. The fraction of sp³-hybridized carbons (Fsp3) is 0.455. The first-order chi connectivity index (χ1) is 13.1. The zero-order valence-corrected chi connectivity index (χ0v) is 16.4. The molecule has 1 heterocycles. The molecule has 4 rings (SSSR count). The fourth-order valence-corrected chi connectivity index (χ4v) is 4.23. The Kier molecular flexibility index (Phi) is 5.78. The van der Waals surface area contributed by atoms with Crippen LogP contribution in [0, 0.1) is 12.7 Å². The average molecular weight is 370 g/mol. The number of esters is 1. The molecule has 1 aromatic carbocycles. The van der Waals surface area contributed by atoms with Crippen LogP contribution in [0.2, 0.25) is 0 Å². The van der Waals surface area contributed by atoms with E-state index in [1.165, 1.54) is 6.07 Å². The first kappa shape index (κ1) is 19.3. The number of anilines is 2. The normalized spacial score (nSPS) is 19.1. The number of benzene rings is 1. The minimum absolute atomic E-state index is 0.222. The Labute approximate surface area is 160 Å². The smallest absolute Gasteiger partial charge is 0.339 e. The van der Waals surface area contributed by atoms with Gasteiger partial charge in [0.25, 0.3) is 0 Å². The Hall–Kier alpha value is -2.43. The summed E-state index contributed by atoms with van der Waals surface area (Å²) in [7, 11) is 0. The molecular formula is C22H27FN2O2. The van der Waals surface area contributed by atoms with Gasteiger partial charge in [0.15, 0.2) is 0 Å². The molecule has 5 heteroatoms. The van der Waals surface area contributed by atoms with Crippen molar-refractivity contribution in [1.29, 1.82) is 0 Å². The lowest BCUT2D eigenvalue weighted by atomic mass is 9.89. The lowest BCUT2D eigenvalue weighted by molar-refractivity contribution is 0.0524. The van der Waals surface area contributed by atoms with Crippen LogP contribution in [0.4, 0.5) is 15.9 Å². The fourth-order valence-electron chi connectivity index (χ4n) is 4.23. The lowest BCUT2D eigenvalue weighted by Gasteiger charge is -2.21. The van der Waals surface area contributed by atoms with E-state index in [9.17, 15) is 9.18 Å². The second-order valence-electron chi connectivity index (χ2n) is 6.86. The van der Waals surface area contributed by atoms with E-state index in [1.54, 1.807) is 25.3 Å². The molecule has 2 unspecified atom stereocenters. The Balaban J connectivity index is 0.00000102. The summed E-state index contributed by atoms with van der Waals surface area (Å²) in [6.07, 6.45) is 4.94. The molecule has 0 spiro atoms. The van der Waals surface area contributed by atoms with Gasteiger partial charge >= 0.3 is 5.97 Å². The zero-order valence-electron chi connectivity index (χ0n) is 16.4. The maximum atomic E-state index is 13.5. The zero-order chi connectivity index (χ0) is 19.6. The Morgan fingerprint density at radius 1 is 1.26 bits per heavy atom. The SMILES string of the molecule is CC.CCOC(=O)c1cnc(Nc2ccc(F)c(C)c2)c2c1C1CCC2C1. The van der Waals surface area contributed by atoms with E-state index >= 15 is 0 Å². The maximum Gasteiger partial charge on any atom is 0.339 e. The predicted molar refractivity (Wildman–Crippen MR) is 105 cm³/mol. The molecular weight excluding hydrogens is 343 g/mol. The first-order valence-electron chi connectivity index (χ1n) is 9.81. The number of nitrogens with one attached hydrogen (secondary N) is 1. The molecule has 4 nitrogen and oxygen atoms in total. The standard InChI is InChI=1S/C20H21FN2O2.C2H6/c1-3-25-20(24)15-10-22-19(18-13-5-4-12(9-13)17(15)18)23-14-6-7-16(21)11(2)8-14;1-2/h6-8,10,12-13H,3-5,9H2,1-2H3,(H,22,23);1-2H3. The molecule has 2 aliphatic carbocycles. The van der Waals surface area contributed by atoms with Gasteiger partial charge in [0.05, 0.1) is 12.2 Å². The van der Waals surface area contributed by atoms with Crippen LogP contribution >= 0.6 is 0 Å². The van der Waals surface area contributed by atoms with Crippen LogP contribution in [0.25, 0.3) is 0 Å². The number of halogens is 1. The van der Waals surface area contributed by atoms with Gasteiger partial charge in [-0.1, -0.05) is 13.8 Å². The van der Waals surface area contributed by atoms with Gasteiger partial charge in [-0.25, -0.2) is 14.2 Å². The van der Waals surface area contributed by atoms with E-state index in [4.69, 9.17) is 4.74 Å². The molecule has 1 aromatic heterocycles. The van der Waals surface area contributed by atoms with Crippen LogP contribution < -0.4 is 5.32 Å². The maximum absolute atomic E-state index is 13.5. The van der Waals surface area contributed by atoms with E-state index in [0.29, 0.717) is 29.6 Å². The topological polar surface area (TPSA) is 51.2 Å². The third-order valence-electron chi connectivity index (χ3n) is 5.32. The summed E-state index contributed by atoms with van der Waals surface area (Å²) in [4.78, 5) is 16.8. The molecule has 0 saturated heterocycles. The van der Waals surface area contributed by atoms with Crippen molar-refractivity contribution in [2.45, 2.75) is 58.8 Å². The monoisotopic (exact) mass is 370 g/mol. The number of hydrogen-bond acceptors (Lipinski definition) is 4. The van der Waals surface area contributed by atoms with Gasteiger partial charge in [-0.05, 0) is 74.3 Å². The molecule has 2 bridgehead atoms. The number of ether oxygens (including phenoxy) is 1. The summed E-state index contributed by atoms with van der Waals surface area (Å²) >= 11 is 0. The number of carbonyl (C=O) groups is 1. The molecule has 1 N–H and O–H groups in total. The Bertz CT molecular complexity index is 850. The minimum atomic E-state index is -0.289. The molecule has 2 aromatic rings. The van der Waals surface area contributed by atoms with Gasteiger partial charge in [-0.15, -0.1) is 0 Å². The number of nitrogens with zero attached hydrogens (tertiary/aromatic N) is 1. The van der Waals surface area contributed by atoms with Crippen LogP contribution in [-0.4, -0.2) is 17.6 Å². The van der Waals surface area contributed by atoms with Crippen LogP contribution in [0.5, 0.6) is 0 Å². The van der Waals surface area contributed by atoms with E-state index in [0.717, 1.165) is 41.9 Å². The van der Waals surface area contributed by atoms with Crippen LogP contribution in [0.15, 0.2) is 24.4 Å². The van der Waals surface area contributed by atoms with E-state index < -0.39 is 0 Å². The van der Waals surface area contributed by atoms with Crippen molar-refractivity contribution in [1.82, 2.24) is 4.98 Å². The molecule has 27 heavy (non-hydrogen) atoms. The van der Waals surface area contributed by atoms with Crippen molar-refractivity contribution in [2.24, 2.45) is 0 Å². The van der Waals surface area contributed by atoms with Gasteiger partial charge in [0, 0.05) is 17.4 Å². The van der Waals surface area contributed by atoms with E-state index in [-0.39, 0.29) is 11.8 Å². The molecule has 0 amide bonds. The van der Waals surface area contributed by atoms with Gasteiger partial charge < -0.3 is 10.1 Å². The summed E-state index contributed by atoms with van der Waals surface area (Å²) < 4.78 is 18.7. The van der Waals surface area contributed by atoms with Crippen molar-refractivity contribution in [2.75, 3.05) is 11.9 Å². The number of aromatic nitrogens is 1. The van der Waals surface area contributed by atoms with E-state index in [2.05, 4.69) is 10.3 Å². The van der Waals surface area contributed by atoms with E-state index in [1.807, 2.05) is 20.8 Å². The number of rotatable bonds is 4. The van der Waals surface area contributed by atoms with Crippen LogP contribution in [0.1, 0.15) is 78.9 Å². The second-order valence-corrected chi connectivity index (χ2v) is 6.86. The third-order valence-corrected chi connectivity index (χ3v) is 5.32. The van der Waals surface area contributed by atoms with Crippen molar-refractivity contribution in [3.63, 3.8) is 0 Å².